The van der Waals surface area contributed by atoms with E-state index in [4.69, 9.17) is 4.74 Å². The molecule has 1 aliphatic rings. The molecular weight excluding hydrogens is 304 g/mol. The predicted octanol–water partition coefficient (Wildman–Crippen LogP) is 3.54. The first-order valence-corrected chi connectivity index (χ1v) is 7.94. The van der Waals surface area contributed by atoms with Gasteiger partial charge in [0.1, 0.15) is 5.75 Å². The second-order valence-electron chi connectivity index (χ2n) is 6.04. The van der Waals surface area contributed by atoms with E-state index < -0.39 is 0 Å². The van der Waals surface area contributed by atoms with Crippen molar-refractivity contribution in [1.82, 2.24) is 0 Å². The first-order chi connectivity index (χ1) is 11.6. The molecule has 0 bridgehead atoms. The highest BCUT2D eigenvalue weighted by Gasteiger charge is 2.39. The van der Waals surface area contributed by atoms with Crippen LogP contribution in [0.15, 0.2) is 48.5 Å². The minimum atomic E-state index is -0.229. The maximum atomic E-state index is 12.3. The van der Waals surface area contributed by atoms with Crippen LogP contribution in [0.3, 0.4) is 0 Å². The number of benzene rings is 2. The van der Waals surface area contributed by atoms with Gasteiger partial charge in [-0.25, -0.2) is 0 Å². The van der Waals surface area contributed by atoms with Crippen LogP contribution in [0, 0.1) is 11.8 Å². The van der Waals surface area contributed by atoms with E-state index in [1.54, 1.807) is 43.5 Å². The first-order valence-electron chi connectivity index (χ1n) is 7.94. The smallest absolute Gasteiger partial charge is 0.255 e. The van der Waals surface area contributed by atoms with Crippen molar-refractivity contribution in [1.29, 1.82) is 0 Å². The fourth-order valence-corrected chi connectivity index (χ4v) is 2.57. The normalized spacial score (nSPS) is 18.6. The van der Waals surface area contributed by atoms with Crippen molar-refractivity contribution in [3.8, 4) is 5.75 Å². The fraction of sp³-hybridized carbons (Fsp3) is 0.263. The second kappa shape index (κ2) is 6.74. The lowest BCUT2D eigenvalue weighted by Crippen LogP contribution is -2.15. The largest absolute Gasteiger partial charge is 0.495 e. The highest BCUT2D eigenvalue weighted by molar-refractivity contribution is 6.05. The third kappa shape index (κ3) is 3.56. The van der Waals surface area contributed by atoms with Gasteiger partial charge in [0.05, 0.1) is 12.8 Å². The number of hydrogen-bond donors (Lipinski definition) is 2. The van der Waals surface area contributed by atoms with Crippen molar-refractivity contribution < 1.29 is 14.3 Å². The lowest BCUT2D eigenvalue weighted by molar-refractivity contribution is -0.117. The SMILES string of the molecule is COc1ccccc1NC(=O)c1ccc(NC(=O)[C@@H]2C[C@@H]2C)cc1. The molecule has 3 rings (SSSR count). The molecule has 0 aliphatic heterocycles. The van der Waals surface area contributed by atoms with Crippen molar-refractivity contribution in [2.75, 3.05) is 17.7 Å². The molecule has 1 saturated carbocycles. The Morgan fingerprint density at radius 1 is 1.04 bits per heavy atom. The van der Waals surface area contributed by atoms with Gasteiger partial charge in [-0.2, -0.15) is 0 Å². The van der Waals surface area contributed by atoms with Gasteiger partial charge in [-0.3, -0.25) is 9.59 Å². The molecular formula is C19H20N2O3. The summed E-state index contributed by atoms with van der Waals surface area (Å²) in [6.07, 6.45) is 0.950. The number of methoxy groups -OCH3 is 1. The Labute approximate surface area is 141 Å². The molecule has 0 unspecified atom stereocenters. The van der Waals surface area contributed by atoms with E-state index in [0.717, 1.165) is 6.42 Å². The van der Waals surface area contributed by atoms with Gasteiger partial charge in [-0.05, 0) is 48.7 Å². The predicted molar refractivity (Wildman–Crippen MR) is 93.3 cm³/mol. The Kier molecular flexibility index (Phi) is 4.51. The average molecular weight is 324 g/mol. The number of amides is 2. The van der Waals surface area contributed by atoms with Crippen LogP contribution >= 0.6 is 0 Å². The zero-order valence-electron chi connectivity index (χ0n) is 13.7. The van der Waals surface area contributed by atoms with Gasteiger partial charge in [-0.15, -0.1) is 0 Å². The highest BCUT2D eigenvalue weighted by Crippen LogP contribution is 2.38. The number of ether oxygens (including phenoxy) is 1. The maximum Gasteiger partial charge on any atom is 0.255 e. The van der Waals surface area contributed by atoms with Crippen LogP contribution in [0.1, 0.15) is 23.7 Å². The summed E-state index contributed by atoms with van der Waals surface area (Å²) in [5.41, 5.74) is 1.83. The van der Waals surface area contributed by atoms with Crippen LogP contribution < -0.4 is 15.4 Å². The Morgan fingerprint density at radius 2 is 1.71 bits per heavy atom. The van der Waals surface area contributed by atoms with Crippen molar-refractivity contribution in [3.63, 3.8) is 0 Å². The van der Waals surface area contributed by atoms with Gasteiger partial charge < -0.3 is 15.4 Å². The van der Waals surface area contributed by atoms with Crippen molar-refractivity contribution >= 4 is 23.2 Å². The summed E-state index contributed by atoms with van der Waals surface area (Å²) in [7, 11) is 1.56. The molecule has 2 aromatic rings. The summed E-state index contributed by atoms with van der Waals surface area (Å²) >= 11 is 0. The lowest BCUT2D eigenvalue weighted by Gasteiger charge is -2.10. The lowest BCUT2D eigenvalue weighted by atomic mass is 10.1. The third-order valence-corrected chi connectivity index (χ3v) is 4.22. The molecule has 0 saturated heterocycles. The maximum absolute atomic E-state index is 12.3. The summed E-state index contributed by atoms with van der Waals surface area (Å²) in [6, 6.07) is 14.1. The van der Waals surface area contributed by atoms with E-state index in [0.29, 0.717) is 28.6 Å². The molecule has 2 aromatic carbocycles. The number of rotatable bonds is 5. The van der Waals surface area contributed by atoms with E-state index >= 15 is 0 Å². The van der Waals surface area contributed by atoms with Gasteiger partial charge in [0.2, 0.25) is 5.91 Å². The highest BCUT2D eigenvalue weighted by atomic mass is 16.5. The van der Waals surface area contributed by atoms with E-state index in [1.165, 1.54) is 0 Å². The molecule has 1 aliphatic carbocycles. The molecule has 1 fully saturated rings. The van der Waals surface area contributed by atoms with Gasteiger partial charge in [0.25, 0.3) is 5.91 Å². The Bertz CT molecular complexity index is 755. The van der Waals surface area contributed by atoms with Crippen LogP contribution in [-0.2, 0) is 4.79 Å². The number of hydrogen-bond acceptors (Lipinski definition) is 3. The minimum Gasteiger partial charge on any atom is -0.495 e. The molecule has 0 heterocycles. The first kappa shape index (κ1) is 16.1. The summed E-state index contributed by atoms with van der Waals surface area (Å²) < 4.78 is 5.22. The standard InChI is InChI=1S/C19H20N2O3/c1-12-11-15(12)19(23)20-14-9-7-13(8-10-14)18(22)21-16-5-3-4-6-17(16)24-2/h3-10,12,15H,11H2,1-2H3,(H,20,23)(H,21,22)/t12-,15+/m0/s1. The zero-order chi connectivity index (χ0) is 17.1. The van der Waals surface area contributed by atoms with E-state index in [1.807, 2.05) is 12.1 Å². The molecule has 2 amide bonds. The summed E-state index contributed by atoms with van der Waals surface area (Å²) in [4.78, 5) is 24.2. The van der Waals surface area contributed by atoms with E-state index in [2.05, 4.69) is 17.6 Å². The van der Waals surface area contributed by atoms with Crippen molar-refractivity contribution in [2.24, 2.45) is 11.8 Å². The molecule has 2 atom stereocenters. The number of nitrogens with one attached hydrogen (secondary N) is 2. The van der Waals surface area contributed by atoms with Gasteiger partial charge >= 0.3 is 0 Å². The third-order valence-electron chi connectivity index (χ3n) is 4.22. The Balaban J connectivity index is 1.64. The number of carbonyl (C=O) groups excluding carboxylic acids is 2. The molecule has 124 valence electrons. The molecule has 24 heavy (non-hydrogen) atoms. The van der Waals surface area contributed by atoms with Gasteiger partial charge in [-0.1, -0.05) is 19.1 Å². The Morgan fingerprint density at radius 3 is 2.33 bits per heavy atom. The summed E-state index contributed by atoms with van der Waals surface area (Å²) in [6.45, 7) is 2.07. The average Bonchev–Trinajstić information content (AvgIpc) is 3.33. The Hall–Kier alpha value is -2.82. The van der Waals surface area contributed by atoms with Crippen molar-refractivity contribution in [2.45, 2.75) is 13.3 Å². The van der Waals surface area contributed by atoms with E-state index in [9.17, 15) is 9.59 Å². The molecule has 0 radical (unpaired) electrons. The van der Waals surface area contributed by atoms with Gasteiger partial charge in [0.15, 0.2) is 0 Å². The monoisotopic (exact) mass is 324 g/mol. The topological polar surface area (TPSA) is 67.4 Å². The van der Waals surface area contributed by atoms with Crippen LogP contribution in [0.5, 0.6) is 5.75 Å². The number of anilines is 2. The summed E-state index contributed by atoms with van der Waals surface area (Å²) in [5.74, 6) is 1.02. The minimum absolute atomic E-state index is 0.0497. The van der Waals surface area contributed by atoms with Crippen molar-refractivity contribution in [3.05, 3.63) is 54.1 Å². The van der Waals surface area contributed by atoms with Gasteiger partial charge in [0, 0.05) is 17.2 Å². The zero-order valence-corrected chi connectivity index (χ0v) is 13.7. The fourth-order valence-electron chi connectivity index (χ4n) is 2.57. The van der Waals surface area contributed by atoms with Crippen LogP contribution in [0.25, 0.3) is 0 Å². The number of para-hydroxylation sites is 2. The van der Waals surface area contributed by atoms with E-state index in [-0.39, 0.29) is 17.7 Å². The molecule has 5 nitrogen and oxygen atoms in total. The quantitative estimate of drug-likeness (QED) is 0.884. The molecule has 5 heteroatoms. The molecule has 2 N–H and O–H groups in total. The molecule has 0 spiro atoms. The van der Waals surface area contributed by atoms with Crippen LogP contribution in [-0.4, -0.2) is 18.9 Å². The summed E-state index contributed by atoms with van der Waals surface area (Å²) in [5, 5.41) is 5.70. The van der Waals surface area contributed by atoms with Crippen LogP contribution in [0.2, 0.25) is 0 Å². The number of carbonyl (C=O) groups is 2. The second-order valence-corrected chi connectivity index (χ2v) is 6.04. The molecule has 0 aromatic heterocycles. The van der Waals surface area contributed by atoms with Crippen LogP contribution in [0.4, 0.5) is 11.4 Å².